The van der Waals surface area contributed by atoms with Gasteiger partial charge in [0.1, 0.15) is 0 Å². The Morgan fingerprint density at radius 2 is 1.84 bits per heavy atom. The van der Waals surface area contributed by atoms with E-state index in [1.807, 2.05) is 18.2 Å². The maximum Gasteiger partial charge on any atom is 0.323 e. The lowest BCUT2D eigenvalue weighted by molar-refractivity contribution is -0.0337. The Morgan fingerprint density at radius 1 is 1.16 bits per heavy atom. The van der Waals surface area contributed by atoms with Crippen molar-refractivity contribution in [1.82, 2.24) is 9.97 Å². The molecule has 19 heavy (non-hydrogen) atoms. The average molecular weight is 261 g/mol. The van der Waals surface area contributed by atoms with Gasteiger partial charge in [-0.2, -0.15) is 0 Å². The molecule has 1 fully saturated rings. The molecule has 1 aliphatic rings. The van der Waals surface area contributed by atoms with Gasteiger partial charge in [0.2, 0.25) is 0 Å². The smallest absolute Gasteiger partial charge is 0.323 e. The van der Waals surface area contributed by atoms with Crippen molar-refractivity contribution < 1.29 is 4.74 Å². The molecule has 3 N–H and O–H groups in total. The van der Waals surface area contributed by atoms with E-state index in [1.54, 1.807) is 0 Å². The van der Waals surface area contributed by atoms with Crippen LogP contribution in [0.5, 0.6) is 0 Å². The van der Waals surface area contributed by atoms with E-state index >= 15 is 0 Å². The Kier molecular flexibility index (Phi) is 3.06. The fourth-order valence-corrected chi connectivity index (χ4v) is 2.88. The Labute approximate surface area is 111 Å². The van der Waals surface area contributed by atoms with Gasteiger partial charge in [-0.1, -0.05) is 0 Å². The van der Waals surface area contributed by atoms with Crippen molar-refractivity contribution in [2.75, 3.05) is 5.32 Å². The summed E-state index contributed by atoms with van der Waals surface area (Å²) in [6.45, 7) is 4.22. The third kappa shape index (κ3) is 2.66. The first kappa shape index (κ1) is 12.3. The largest absolute Gasteiger partial charge is 0.382 e. The SMILES string of the molecule is CC1CC(Nc2ccc3[nH]c(=O)[nH]c3c2)CC(C)O1. The number of imidazole rings is 1. The quantitative estimate of drug-likeness (QED) is 0.776. The van der Waals surface area contributed by atoms with Crippen molar-refractivity contribution in [3.8, 4) is 0 Å². The van der Waals surface area contributed by atoms with E-state index in [0.717, 1.165) is 29.6 Å². The van der Waals surface area contributed by atoms with E-state index in [9.17, 15) is 4.79 Å². The summed E-state index contributed by atoms with van der Waals surface area (Å²) in [5.74, 6) is 0. The summed E-state index contributed by atoms with van der Waals surface area (Å²) in [6, 6.07) is 6.30. The first-order valence-corrected chi connectivity index (χ1v) is 6.74. The topological polar surface area (TPSA) is 69.9 Å². The summed E-state index contributed by atoms with van der Waals surface area (Å²) < 4.78 is 5.74. The minimum Gasteiger partial charge on any atom is -0.382 e. The normalized spacial score (nSPS) is 27.6. The molecule has 1 aliphatic heterocycles. The second-order valence-corrected chi connectivity index (χ2v) is 5.41. The third-order valence-electron chi connectivity index (χ3n) is 3.58. The van der Waals surface area contributed by atoms with Gasteiger partial charge in [-0.3, -0.25) is 0 Å². The molecule has 0 bridgehead atoms. The number of aromatic nitrogens is 2. The number of fused-ring (bicyclic) bond motifs is 1. The highest BCUT2D eigenvalue weighted by atomic mass is 16.5. The molecule has 102 valence electrons. The highest BCUT2D eigenvalue weighted by Gasteiger charge is 2.24. The minimum atomic E-state index is -0.166. The van der Waals surface area contributed by atoms with Gasteiger partial charge in [-0.05, 0) is 44.9 Å². The lowest BCUT2D eigenvalue weighted by atomic mass is 9.99. The van der Waals surface area contributed by atoms with Crippen LogP contribution in [-0.4, -0.2) is 28.2 Å². The van der Waals surface area contributed by atoms with Crippen LogP contribution in [0.4, 0.5) is 5.69 Å². The van der Waals surface area contributed by atoms with Crippen molar-refractivity contribution in [1.29, 1.82) is 0 Å². The van der Waals surface area contributed by atoms with E-state index in [0.29, 0.717) is 6.04 Å². The molecule has 2 atom stereocenters. The summed E-state index contributed by atoms with van der Waals surface area (Å²) in [6.07, 6.45) is 2.59. The lowest BCUT2D eigenvalue weighted by Gasteiger charge is -2.33. The fraction of sp³-hybridized carbons (Fsp3) is 0.500. The van der Waals surface area contributed by atoms with Crippen LogP contribution in [0, 0.1) is 0 Å². The van der Waals surface area contributed by atoms with Crippen molar-refractivity contribution in [2.45, 2.75) is 44.9 Å². The number of hydrogen-bond acceptors (Lipinski definition) is 3. The van der Waals surface area contributed by atoms with Crippen LogP contribution >= 0.6 is 0 Å². The molecule has 0 spiro atoms. The molecule has 0 radical (unpaired) electrons. The molecule has 1 aromatic heterocycles. The molecular formula is C14H19N3O2. The van der Waals surface area contributed by atoms with Gasteiger partial charge in [-0.15, -0.1) is 0 Å². The Morgan fingerprint density at radius 3 is 2.58 bits per heavy atom. The Hall–Kier alpha value is -1.75. The predicted molar refractivity (Wildman–Crippen MR) is 75.6 cm³/mol. The first-order valence-electron chi connectivity index (χ1n) is 6.74. The maximum atomic E-state index is 11.2. The van der Waals surface area contributed by atoms with Crippen LogP contribution in [0.3, 0.4) is 0 Å². The minimum absolute atomic E-state index is 0.166. The van der Waals surface area contributed by atoms with Gasteiger partial charge in [0.05, 0.1) is 23.2 Å². The van der Waals surface area contributed by atoms with Crippen LogP contribution in [0.1, 0.15) is 26.7 Å². The molecule has 1 aromatic carbocycles. The van der Waals surface area contributed by atoms with E-state index in [4.69, 9.17) is 4.74 Å². The average Bonchev–Trinajstić information content (AvgIpc) is 2.67. The van der Waals surface area contributed by atoms with Gasteiger partial charge < -0.3 is 20.0 Å². The molecule has 2 aromatic rings. The Bertz CT molecular complexity index is 621. The molecule has 2 heterocycles. The van der Waals surface area contributed by atoms with Crippen molar-refractivity contribution in [3.05, 3.63) is 28.7 Å². The Balaban J connectivity index is 1.78. The van der Waals surface area contributed by atoms with Crippen LogP contribution in [0.25, 0.3) is 11.0 Å². The van der Waals surface area contributed by atoms with E-state index < -0.39 is 0 Å². The van der Waals surface area contributed by atoms with Crippen LogP contribution in [0.15, 0.2) is 23.0 Å². The summed E-state index contributed by atoms with van der Waals surface area (Å²) in [5, 5.41) is 3.53. The fourth-order valence-electron chi connectivity index (χ4n) is 2.88. The number of benzene rings is 1. The standard InChI is InChI=1S/C14H19N3O2/c1-8-5-11(6-9(2)19-8)15-10-3-4-12-13(7-10)17-14(18)16-12/h3-4,7-9,11,15H,5-6H2,1-2H3,(H2,16,17,18). The lowest BCUT2D eigenvalue weighted by Crippen LogP contribution is -2.36. The number of nitrogens with one attached hydrogen (secondary N) is 3. The number of H-pyrrole nitrogens is 2. The zero-order valence-electron chi connectivity index (χ0n) is 11.2. The van der Waals surface area contributed by atoms with Crippen LogP contribution in [-0.2, 0) is 4.74 Å². The molecule has 0 saturated carbocycles. The molecule has 2 unspecified atom stereocenters. The van der Waals surface area contributed by atoms with Crippen molar-refractivity contribution >= 4 is 16.7 Å². The first-order chi connectivity index (χ1) is 9.10. The molecule has 5 heteroatoms. The maximum absolute atomic E-state index is 11.2. The summed E-state index contributed by atoms with van der Waals surface area (Å²) in [7, 11) is 0. The molecular weight excluding hydrogens is 242 g/mol. The van der Waals surface area contributed by atoms with E-state index in [-0.39, 0.29) is 17.9 Å². The monoisotopic (exact) mass is 261 g/mol. The molecule has 0 amide bonds. The van der Waals surface area contributed by atoms with Gasteiger partial charge in [0.25, 0.3) is 0 Å². The number of anilines is 1. The number of aromatic amines is 2. The summed E-state index contributed by atoms with van der Waals surface area (Å²) in [4.78, 5) is 16.8. The van der Waals surface area contributed by atoms with Crippen molar-refractivity contribution in [3.63, 3.8) is 0 Å². The van der Waals surface area contributed by atoms with Crippen LogP contribution < -0.4 is 11.0 Å². The predicted octanol–water partition coefficient (Wildman–Crippen LogP) is 2.22. The molecule has 1 saturated heterocycles. The molecule has 3 rings (SSSR count). The highest BCUT2D eigenvalue weighted by Crippen LogP contribution is 2.23. The second-order valence-electron chi connectivity index (χ2n) is 5.41. The third-order valence-corrected chi connectivity index (χ3v) is 3.58. The van der Waals surface area contributed by atoms with Gasteiger partial charge in [-0.25, -0.2) is 4.79 Å². The zero-order valence-corrected chi connectivity index (χ0v) is 11.2. The zero-order chi connectivity index (χ0) is 13.4. The molecule has 0 aliphatic carbocycles. The highest BCUT2D eigenvalue weighted by molar-refractivity contribution is 5.78. The van der Waals surface area contributed by atoms with Crippen molar-refractivity contribution in [2.24, 2.45) is 0 Å². The van der Waals surface area contributed by atoms with Crippen LogP contribution in [0.2, 0.25) is 0 Å². The van der Waals surface area contributed by atoms with Gasteiger partial charge in [0.15, 0.2) is 0 Å². The van der Waals surface area contributed by atoms with Gasteiger partial charge in [0, 0.05) is 11.7 Å². The summed E-state index contributed by atoms with van der Waals surface area (Å²) >= 11 is 0. The summed E-state index contributed by atoms with van der Waals surface area (Å²) in [5.41, 5.74) is 2.54. The second kappa shape index (κ2) is 4.74. The van der Waals surface area contributed by atoms with Gasteiger partial charge >= 0.3 is 5.69 Å². The van der Waals surface area contributed by atoms with E-state index in [1.165, 1.54) is 0 Å². The number of rotatable bonds is 2. The number of hydrogen-bond donors (Lipinski definition) is 3. The molecule has 5 nitrogen and oxygen atoms in total. The number of ether oxygens (including phenoxy) is 1. The van der Waals surface area contributed by atoms with E-state index in [2.05, 4.69) is 29.1 Å².